The first-order valence-corrected chi connectivity index (χ1v) is 10.8. The third-order valence-electron chi connectivity index (χ3n) is 6.20. The van der Waals surface area contributed by atoms with Gasteiger partial charge in [-0.2, -0.15) is 0 Å². The molecule has 0 amide bonds. The second kappa shape index (κ2) is 10.5. The molecule has 6 N–H and O–H groups in total. The molecule has 30 heavy (non-hydrogen) atoms. The van der Waals surface area contributed by atoms with E-state index in [2.05, 4.69) is 0 Å². The monoisotopic (exact) mass is 436 g/mol. The molecule has 2 fully saturated rings. The summed E-state index contributed by atoms with van der Waals surface area (Å²) in [7, 11) is 0. The van der Waals surface area contributed by atoms with E-state index in [1.54, 1.807) is 0 Å². The predicted octanol–water partition coefficient (Wildman–Crippen LogP) is 0.300. The van der Waals surface area contributed by atoms with Crippen LogP contribution in [0.4, 0.5) is 0 Å². The van der Waals surface area contributed by atoms with Gasteiger partial charge in [0, 0.05) is 11.8 Å². The maximum absolute atomic E-state index is 9.84. The van der Waals surface area contributed by atoms with Gasteiger partial charge in [0.15, 0.2) is 0 Å². The fourth-order valence-corrected chi connectivity index (χ4v) is 4.49. The standard InChI is InChI=1S/2C11H22O4/c2*1-6-8(13)9(14)7(5-12)15-10(6)11(2,3)4/h2*6-10,12-14H,5H2,1-4H3. The third kappa shape index (κ3) is 6.36. The van der Waals surface area contributed by atoms with Crippen LogP contribution in [0, 0.1) is 22.7 Å². The van der Waals surface area contributed by atoms with Crippen molar-refractivity contribution in [2.24, 2.45) is 22.7 Å². The van der Waals surface area contributed by atoms with Gasteiger partial charge in [0.1, 0.15) is 24.4 Å². The second-order valence-corrected chi connectivity index (χ2v) is 11.0. The van der Waals surface area contributed by atoms with E-state index < -0.39 is 36.6 Å². The molecule has 2 aliphatic heterocycles. The number of hydrogen-bond donors (Lipinski definition) is 6. The Kier molecular flexibility index (Phi) is 9.73. The predicted molar refractivity (Wildman–Crippen MR) is 113 cm³/mol. The van der Waals surface area contributed by atoms with Crippen molar-refractivity contribution in [2.45, 2.75) is 104 Å². The van der Waals surface area contributed by atoms with Gasteiger partial charge in [0.2, 0.25) is 0 Å². The van der Waals surface area contributed by atoms with Crippen LogP contribution in [-0.4, -0.2) is 92.7 Å². The average molecular weight is 437 g/mol. The van der Waals surface area contributed by atoms with E-state index >= 15 is 0 Å². The number of rotatable bonds is 2. The highest BCUT2D eigenvalue weighted by Gasteiger charge is 2.47. The van der Waals surface area contributed by atoms with E-state index in [1.807, 2.05) is 55.4 Å². The topological polar surface area (TPSA) is 140 Å². The molecule has 0 aromatic heterocycles. The van der Waals surface area contributed by atoms with Gasteiger partial charge in [-0.3, -0.25) is 0 Å². The van der Waals surface area contributed by atoms with Crippen molar-refractivity contribution in [1.82, 2.24) is 0 Å². The van der Waals surface area contributed by atoms with Crippen LogP contribution in [0.5, 0.6) is 0 Å². The van der Waals surface area contributed by atoms with Crippen molar-refractivity contribution in [2.75, 3.05) is 13.2 Å². The van der Waals surface area contributed by atoms with Crippen LogP contribution < -0.4 is 0 Å². The molecule has 0 bridgehead atoms. The quantitative estimate of drug-likeness (QED) is 0.363. The van der Waals surface area contributed by atoms with Crippen LogP contribution in [0.1, 0.15) is 55.4 Å². The molecule has 2 aliphatic rings. The molecule has 0 spiro atoms. The minimum Gasteiger partial charge on any atom is -0.394 e. The molecule has 10 unspecified atom stereocenters. The molecule has 0 aromatic carbocycles. The van der Waals surface area contributed by atoms with E-state index in [4.69, 9.17) is 19.7 Å². The smallest absolute Gasteiger partial charge is 0.109 e. The lowest BCUT2D eigenvalue weighted by Gasteiger charge is -2.46. The van der Waals surface area contributed by atoms with Gasteiger partial charge in [-0.1, -0.05) is 55.4 Å². The lowest BCUT2D eigenvalue weighted by molar-refractivity contribution is -0.228. The van der Waals surface area contributed by atoms with Crippen molar-refractivity contribution >= 4 is 0 Å². The normalized spacial score (nSPS) is 43.0. The minimum atomic E-state index is -0.997. The summed E-state index contributed by atoms with van der Waals surface area (Å²) in [6.45, 7) is 15.3. The highest BCUT2D eigenvalue weighted by molar-refractivity contribution is 4.95. The summed E-state index contributed by atoms with van der Waals surface area (Å²) in [5.74, 6) is -0.273. The first-order chi connectivity index (χ1) is 13.6. The van der Waals surface area contributed by atoms with Crippen LogP contribution in [-0.2, 0) is 9.47 Å². The molecule has 0 aliphatic carbocycles. The fraction of sp³-hybridized carbons (Fsp3) is 1.00. The summed E-state index contributed by atoms with van der Waals surface area (Å²) in [6.07, 6.45) is -5.34. The summed E-state index contributed by atoms with van der Waals surface area (Å²) >= 11 is 0. The SMILES string of the molecule is CC1C(O)C(O)C(CO)OC1C(C)(C)C.CC1C(O)C(O)C(CO)OC1C(C)(C)C. The van der Waals surface area contributed by atoms with E-state index in [0.29, 0.717) is 0 Å². The van der Waals surface area contributed by atoms with Gasteiger partial charge in [-0.15, -0.1) is 0 Å². The van der Waals surface area contributed by atoms with E-state index in [-0.39, 0.29) is 48.1 Å². The van der Waals surface area contributed by atoms with Crippen molar-refractivity contribution in [1.29, 1.82) is 0 Å². The molecule has 8 nitrogen and oxygen atoms in total. The van der Waals surface area contributed by atoms with Crippen molar-refractivity contribution < 1.29 is 40.1 Å². The number of ether oxygens (including phenoxy) is 2. The molecular weight excluding hydrogens is 392 g/mol. The van der Waals surface area contributed by atoms with Gasteiger partial charge in [-0.25, -0.2) is 0 Å². The molecular formula is C22H44O8. The van der Waals surface area contributed by atoms with E-state index in [0.717, 1.165) is 0 Å². The fourth-order valence-electron chi connectivity index (χ4n) is 4.49. The van der Waals surface area contributed by atoms with Gasteiger partial charge < -0.3 is 40.1 Å². The molecule has 2 saturated heterocycles. The molecule has 0 aromatic rings. The summed E-state index contributed by atoms with van der Waals surface area (Å²) in [6, 6.07) is 0. The van der Waals surface area contributed by atoms with Crippen LogP contribution in [0.2, 0.25) is 0 Å². The highest BCUT2D eigenvalue weighted by Crippen LogP contribution is 2.37. The van der Waals surface area contributed by atoms with Gasteiger partial charge >= 0.3 is 0 Å². The maximum Gasteiger partial charge on any atom is 0.109 e. The van der Waals surface area contributed by atoms with E-state index in [1.165, 1.54) is 0 Å². The van der Waals surface area contributed by atoms with Gasteiger partial charge in [0.25, 0.3) is 0 Å². The van der Waals surface area contributed by atoms with Crippen LogP contribution in [0.15, 0.2) is 0 Å². The summed E-state index contributed by atoms with van der Waals surface area (Å²) in [4.78, 5) is 0. The Morgan fingerprint density at radius 3 is 1.03 bits per heavy atom. The zero-order valence-corrected chi connectivity index (χ0v) is 19.7. The van der Waals surface area contributed by atoms with Gasteiger partial charge in [-0.05, 0) is 10.8 Å². The van der Waals surface area contributed by atoms with Crippen molar-refractivity contribution in [3.63, 3.8) is 0 Å². The van der Waals surface area contributed by atoms with E-state index in [9.17, 15) is 20.4 Å². The molecule has 180 valence electrons. The second-order valence-electron chi connectivity index (χ2n) is 11.0. The Morgan fingerprint density at radius 1 is 0.567 bits per heavy atom. The maximum atomic E-state index is 9.84. The molecule has 0 radical (unpaired) electrons. The zero-order chi connectivity index (χ0) is 23.6. The summed E-state index contributed by atoms with van der Waals surface area (Å²) < 4.78 is 11.3. The first kappa shape index (κ1) is 27.7. The summed E-state index contributed by atoms with van der Waals surface area (Å²) in [5.41, 5.74) is -0.234. The molecule has 10 atom stereocenters. The molecule has 0 saturated carbocycles. The van der Waals surface area contributed by atoms with Gasteiger partial charge in [0.05, 0.1) is 37.6 Å². The number of aliphatic hydroxyl groups is 6. The van der Waals surface area contributed by atoms with Crippen molar-refractivity contribution in [3.8, 4) is 0 Å². The lowest BCUT2D eigenvalue weighted by Crippen LogP contribution is -2.57. The first-order valence-electron chi connectivity index (χ1n) is 10.8. The Morgan fingerprint density at radius 2 is 0.833 bits per heavy atom. The largest absolute Gasteiger partial charge is 0.394 e. The number of hydrogen-bond acceptors (Lipinski definition) is 8. The zero-order valence-electron chi connectivity index (χ0n) is 19.7. The molecule has 2 rings (SSSR count). The molecule has 2 heterocycles. The molecule has 8 heteroatoms. The number of aliphatic hydroxyl groups excluding tert-OH is 6. The Bertz CT molecular complexity index is 464. The lowest BCUT2D eigenvalue weighted by atomic mass is 9.76. The Labute approximate surface area is 180 Å². The minimum absolute atomic E-state index is 0.117. The van der Waals surface area contributed by atoms with Crippen molar-refractivity contribution in [3.05, 3.63) is 0 Å². The van der Waals surface area contributed by atoms with Crippen LogP contribution in [0.25, 0.3) is 0 Å². The van der Waals surface area contributed by atoms with Crippen LogP contribution in [0.3, 0.4) is 0 Å². The summed E-state index contributed by atoms with van der Waals surface area (Å²) in [5, 5.41) is 57.1. The van der Waals surface area contributed by atoms with Crippen LogP contribution >= 0.6 is 0 Å². The Balaban J connectivity index is 0.000000300. The Hall–Kier alpha value is -0.320. The third-order valence-corrected chi connectivity index (χ3v) is 6.20. The highest BCUT2D eigenvalue weighted by atomic mass is 16.5. The average Bonchev–Trinajstić information content (AvgIpc) is 2.63.